The van der Waals surface area contributed by atoms with Gasteiger partial charge in [-0.15, -0.1) is 10.2 Å². The standard InChI is InChI=1S/C17H16N4O4S/c1-21(2)26(23,24)15-9-7-14(8-10-15)19-16(22)12-3-5-13(6-4-12)17-20-18-11-25-17/h3-11H,1-2H3,(H,19,22). The molecule has 2 aromatic carbocycles. The first-order valence-corrected chi connectivity index (χ1v) is 9.02. The van der Waals surface area contributed by atoms with Gasteiger partial charge in [0.2, 0.25) is 22.3 Å². The minimum absolute atomic E-state index is 0.157. The number of aromatic nitrogens is 2. The summed E-state index contributed by atoms with van der Waals surface area (Å²) in [7, 11) is -0.577. The SMILES string of the molecule is CN(C)S(=O)(=O)c1ccc(NC(=O)c2ccc(-c3nnco3)cc2)cc1. The van der Waals surface area contributed by atoms with Gasteiger partial charge in [0, 0.05) is 30.9 Å². The van der Waals surface area contributed by atoms with E-state index in [1.165, 1.54) is 32.6 Å². The number of benzene rings is 2. The van der Waals surface area contributed by atoms with Crippen molar-refractivity contribution in [3.63, 3.8) is 0 Å². The Morgan fingerprint density at radius 3 is 2.23 bits per heavy atom. The molecule has 0 atom stereocenters. The highest BCUT2D eigenvalue weighted by Gasteiger charge is 2.17. The Kier molecular flexibility index (Phi) is 4.83. The second-order valence-electron chi connectivity index (χ2n) is 5.59. The topological polar surface area (TPSA) is 105 Å². The fraction of sp³-hybridized carbons (Fsp3) is 0.118. The number of anilines is 1. The van der Waals surface area contributed by atoms with Crippen molar-refractivity contribution >= 4 is 21.6 Å². The lowest BCUT2D eigenvalue weighted by molar-refractivity contribution is 0.102. The van der Waals surface area contributed by atoms with Crippen molar-refractivity contribution in [3.05, 3.63) is 60.5 Å². The highest BCUT2D eigenvalue weighted by atomic mass is 32.2. The fourth-order valence-corrected chi connectivity index (χ4v) is 3.09. The maximum absolute atomic E-state index is 12.3. The third-order valence-electron chi connectivity index (χ3n) is 3.64. The number of amides is 1. The molecule has 0 fully saturated rings. The van der Waals surface area contributed by atoms with Crippen molar-refractivity contribution in [1.82, 2.24) is 14.5 Å². The van der Waals surface area contributed by atoms with Gasteiger partial charge in [0.25, 0.3) is 5.91 Å². The van der Waals surface area contributed by atoms with Crippen LogP contribution in [0, 0.1) is 0 Å². The number of rotatable bonds is 5. The van der Waals surface area contributed by atoms with Crippen LogP contribution in [0.1, 0.15) is 10.4 Å². The van der Waals surface area contributed by atoms with E-state index in [-0.39, 0.29) is 10.8 Å². The Balaban J connectivity index is 1.72. The molecule has 0 bridgehead atoms. The minimum atomic E-state index is -3.50. The summed E-state index contributed by atoms with van der Waals surface area (Å²) in [5.41, 5.74) is 1.64. The van der Waals surface area contributed by atoms with E-state index >= 15 is 0 Å². The molecule has 1 N–H and O–H groups in total. The van der Waals surface area contributed by atoms with Crippen LogP contribution in [0.15, 0.2) is 64.2 Å². The molecule has 1 amide bonds. The number of nitrogens with zero attached hydrogens (tertiary/aromatic N) is 3. The minimum Gasteiger partial charge on any atom is -0.423 e. The third-order valence-corrected chi connectivity index (χ3v) is 5.47. The van der Waals surface area contributed by atoms with Crippen LogP contribution in [0.2, 0.25) is 0 Å². The molecule has 3 rings (SSSR count). The molecule has 0 radical (unpaired) electrons. The van der Waals surface area contributed by atoms with Crippen LogP contribution in [0.25, 0.3) is 11.5 Å². The number of carbonyl (C=O) groups excluding carboxylic acids is 1. The van der Waals surface area contributed by atoms with E-state index in [4.69, 9.17) is 4.42 Å². The van der Waals surface area contributed by atoms with Gasteiger partial charge < -0.3 is 9.73 Å². The van der Waals surface area contributed by atoms with Gasteiger partial charge in [0.15, 0.2) is 0 Å². The van der Waals surface area contributed by atoms with Crippen molar-refractivity contribution in [2.45, 2.75) is 4.90 Å². The summed E-state index contributed by atoms with van der Waals surface area (Å²) >= 11 is 0. The summed E-state index contributed by atoms with van der Waals surface area (Å²) in [5, 5.41) is 10.1. The van der Waals surface area contributed by atoms with E-state index in [0.717, 1.165) is 4.31 Å². The van der Waals surface area contributed by atoms with E-state index in [1.54, 1.807) is 36.4 Å². The van der Waals surface area contributed by atoms with E-state index in [0.29, 0.717) is 22.7 Å². The van der Waals surface area contributed by atoms with Gasteiger partial charge in [-0.25, -0.2) is 12.7 Å². The Hall–Kier alpha value is -3.04. The van der Waals surface area contributed by atoms with E-state index in [1.807, 2.05) is 0 Å². The Labute approximate surface area is 150 Å². The third kappa shape index (κ3) is 3.63. The zero-order chi connectivity index (χ0) is 18.7. The molecule has 0 spiro atoms. The van der Waals surface area contributed by atoms with Gasteiger partial charge in [-0.3, -0.25) is 4.79 Å². The molecule has 134 valence electrons. The van der Waals surface area contributed by atoms with Crippen LogP contribution in [-0.2, 0) is 10.0 Å². The lowest BCUT2D eigenvalue weighted by Gasteiger charge is -2.12. The summed E-state index contributed by atoms with van der Waals surface area (Å²) < 4.78 is 30.3. The number of carbonyl (C=O) groups is 1. The number of sulfonamides is 1. The Bertz CT molecular complexity index is 996. The summed E-state index contributed by atoms with van der Waals surface area (Å²) in [6.07, 6.45) is 1.23. The molecular weight excluding hydrogens is 356 g/mol. The lowest BCUT2D eigenvalue weighted by Crippen LogP contribution is -2.22. The molecule has 0 aliphatic carbocycles. The molecule has 0 saturated carbocycles. The smallest absolute Gasteiger partial charge is 0.255 e. The van der Waals surface area contributed by atoms with Crippen molar-refractivity contribution in [1.29, 1.82) is 0 Å². The Morgan fingerprint density at radius 2 is 1.69 bits per heavy atom. The first-order valence-electron chi connectivity index (χ1n) is 7.58. The molecule has 3 aromatic rings. The largest absolute Gasteiger partial charge is 0.423 e. The van der Waals surface area contributed by atoms with Gasteiger partial charge in [0.05, 0.1) is 4.90 Å². The molecule has 1 heterocycles. The van der Waals surface area contributed by atoms with Gasteiger partial charge >= 0.3 is 0 Å². The predicted molar refractivity (Wildman–Crippen MR) is 95.0 cm³/mol. The van der Waals surface area contributed by atoms with Crippen molar-refractivity contribution < 1.29 is 17.6 Å². The van der Waals surface area contributed by atoms with Crippen LogP contribution in [0.3, 0.4) is 0 Å². The molecule has 1 aromatic heterocycles. The molecule has 0 aliphatic rings. The maximum Gasteiger partial charge on any atom is 0.255 e. The first-order chi connectivity index (χ1) is 12.4. The van der Waals surface area contributed by atoms with Crippen molar-refractivity contribution in [2.75, 3.05) is 19.4 Å². The number of nitrogens with one attached hydrogen (secondary N) is 1. The van der Waals surface area contributed by atoms with Crippen molar-refractivity contribution in [2.24, 2.45) is 0 Å². The first kappa shape index (κ1) is 17.8. The quantitative estimate of drug-likeness (QED) is 0.736. The molecule has 26 heavy (non-hydrogen) atoms. The number of hydrogen-bond donors (Lipinski definition) is 1. The van der Waals surface area contributed by atoms with Crippen LogP contribution in [0.5, 0.6) is 0 Å². The average molecular weight is 372 g/mol. The van der Waals surface area contributed by atoms with E-state index < -0.39 is 10.0 Å². The predicted octanol–water partition coefficient (Wildman–Crippen LogP) is 2.24. The highest BCUT2D eigenvalue weighted by molar-refractivity contribution is 7.89. The van der Waals surface area contributed by atoms with E-state index in [2.05, 4.69) is 15.5 Å². The van der Waals surface area contributed by atoms with Gasteiger partial charge in [-0.05, 0) is 48.5 Å². The molecule has 8 nitrogen and oxygen atoms in total. The molecule has 0 unspecified atom stereocenters. The van der Waals surface area contributed by atoms with Crippen molar-refractivity contribution in [3.8, 4) is 11.5 Å². The van der Waals surface area contributed by atoms with Crippen LogP contribution in [0.4, 0.5) is 5.69 Å². The summed E-state index contributed by atoms with van der Waals surface area (Å²) in [5.74, 6) is 0.0555. The number of hydrogen-bond acceptors (Lipinski definition) is 6. The zero-order valence-corrected chi connectivity index (χ0v) is 14.9. The molecule has 0 saturated heterocycles. The highest BCUT2D eigenvalue weighted by Crippen LogP contribution is 2.19. The van der Waals surface area contributed by atoms with Crippen LogP contribution >= 0.6 is 0 Å². The second kappa shape index (κ2) is 7.06. The maximum atomic E-state index is 12.3. The second-order valence-corrected chi connectivity index (χ2v) is 7.74. The van der Waals surface area contributed by atoms with Crippen LogP contribution < -0.4 is 5.32 Å². The van der Waals surface area contributed by atoms with Crippen LogP contribution in [-0.4, -0.2) is 42.9 Å². The normalized spacial score (nSPS) is 11.5. The molecule has 0 aliphatic heterocycles. The monoisotopic (exact) mass is 372 g/mol. The summed E-state index contributed by atoms with van der Waals surface area (Å²) in [6.45, 7) is 0. The van der Waals surface area contributed by atoms with Gasteiger partial charge in [-0.1, -0.05) is 0 Å². The average Bonchev–Trinajstić information content (AvgIpc) is 3.17. The van der Waals surface area contributed by atoms with E-state index in [9.17, 15) is 13.2 Å². The Morgan fingerprint density at radius 1 is 1.04 bits per heavy atom. The zero-order valence-electron chi connectivity index (χ0n) is 14.1. The lowest BCUT2D eigenvalue weighted by atomic mass is 10.1. The summed E-state index contributed by atoms with van der Waals surface area (Å²) in [6, 6.07) is 12.7. The molecular formula is C17H16N4O4S. The summed E-state index contributed by atoms with van der Waals surface area (Å²) in [4.78, 5) is 12.5. The molecule has 9 heteroatoms. The van der Waals surface area contributed by atoms with Gasteiger partial charge in [-0.2, -0.15) is 0 Å². The fourth-order valence-electron chi connectivity index (χ4n) is 2.19. The van der Waals surface area contributed by atoms with Gasteiger partial charge in [0.1, 0.15) is 0 Å².